The first kappa shape index (κ1) is 7.86. The Labute approximate surface area is 49.5 Å². The molecule has 48 valence electrons. The first-order valence-electron chi connectivity index (χ1n) is 2.25. The van der Waals surface area contributed by atoms with Gasteiger partial charge in [0.05, 0.1) is 12.0 Å². The lowest BCUT2D eigenvalue weighted by Crippen LogP contribution is -2.10. The van der Waals surface area contributed by atoms with Crippen LogP contribution in [-0.4, -0.2) is 28.2 Å². The normalized spacial score (nSPS) is 14.8. The lowest BCUT2D eigenvalue weighted by molar-refractivity contribution is -0.136. The smallest absolute Gasteiger partial charge is 0.310 e. The van der Waals surface area contributed by atoms with E-state index in [0.29, 0.717) is 0 Å². The summed E-state index contributed by atoms with van der Waals surface area (Å²) >= 11 is 0. The number of hydrogen-bond donors (Lipinski definition) is 2. The van der Waals surface area contributed by atoms with Crippen LogP contribution in [-0.2, 0) is 4.79 Å². The topological polar surface area (TPSA) is 57.5 Å². The van der Waals surface area contributed by atoms with Crippen molar-refractivity contribution >= 4 is 14.6 Å². The fraction of sp³-hybridized carbons (Fsp3) is 0.750. The van der Waals surface area contributed by atoms with Gasteiger partial charge in [-0.15, -0.1) is 0 Å². The number of aliphatic carboxylic acids is 1. The molecule has 0 spiro atoms. The van der Waals surface area contributed by atoms with Gasteiger partial charge in [-0.05, 0) is 6.92 Å². The fourth-order valence-electron chi connectivity index (χ4n) is 0.224. The first-order chi connectivity index (χ1) is 3.68. The van der Waals surface area contributed by atoms with E-state index in [9.17, 15) is 4.79 Å². The van der Waals surface area contributed by atoms with Crippen LogP contribution in [0.3, 0.4) is 0 Å². The van der Waals surface area contributed by atoms with Crippen molar-refractivity contribution in [3.8, 4) is 0 Å². The van der Waals surface area contributed by atoms with Gasteiger partial charge in [0.1, 0.15) is 0 Å². The Morgan fingerprint density at radius 1 is 1.88 bits per heavy atom. The molecule has 3 nitrogen and oxygen atoms in total. The van der Waals surface area contributed by atoms with Gasteiger partial charge in [0.25, 0.3) is 0 Å². The van der Waals surface area contributed by atoms with Crippen LogP contribution in [0.4, 0.5) is 0 Å². The third kappa shape index (κ3) is 2.94. The second kappa shape index (κ2) is 3.81. The summed E-state index contributed by atoms with van der Waals surface area (Å²) in [6.45, 7) is 1.58. The molecular formula is C4H9O3P. The van der Waals surface area contributed by atoms with Crippen molar-refractivity contribution in [1.82, 2.24) is 0 Å². The fourth-order valence-corrected chi connectivity index (χ4v) is 0.673. The average molecular weight is 136 g/mol. The zero-order valence-corrected chi connectivity index (χ0v) is 5.59. The molecule has 0 aromatic carbocycles. The van der Waals surface area contributed by atoms with Gasteiger partial charge in [-0.2, -0.15) is 0 Å². The van der Waals surface area contributed by atoms with Gasteiger partial charge < -0.3 is 10.2 Å². The van der Waals surface area contributed by atoms with Crippen molar-refractivity contribution in [2.75, 3.05) is 6.35 Å². The SMILES string of the molecule is CC(PCO)C(=O)O. The molecular weight excluding hydrogens is 127 g/mol. The first-order valence-corrected chi connectivity index (χ1v) is 3.54. The zero-order chi connectivity index (χ0) is 6.57. The van der Waals surface area contributed by atoms with E-state index in [1.807, 2.05) is 0 Å². The van der Waals surface area contributed by atoms with Crippen molar-refractivity contribution in [3.05, 3.63) is 0 Å². The van der Waals surface area contributed by atoms with Crippen molar-refractivity contribution in [2.45, 2.75) is 12.6 Å². The molecule has 0 aromatic rings. The van der Waals surface area contributed by atoms with E-state index in [-0.39, 0.29) is 20.6 Å². The summed E-state index contributed by atoms with van der Waals surface area (Å²) in [5, 5.41) is 16.4. The summed E-state index contributed by atoms with van der Waals surface area (Å²) in [7, 11) is 0.125. The summed E-state index contributed by atoms with van der Waals surface area (Å²) in [4.78, 5) is 9.99. The highest BCUT2D eigenvalue weighted by molar-refractivity contribution is 7.39. The average Bonchev–Trinajstić information content (AvgIpc) is 1.67. The summed E-state index contributed by atoms with van der Waals surface area (Å²) in [5.74, 6) is -0.836. The Hall–Kier alpha value is -0.140. The largest absolute Gasteiger partial charge is 0.481 e. The molecule has 0 amide bonds. The molecule has 2 unspecified atom stereocenters. The Balaban J connectivity index is 3.32. The number of aliphatic hydroxyl groups excluding tert-OH is 1. The number of hydrogen-bond acceptors (Lipinski definition) is 2. The number of carboxylic acid groups (broad SMARTS) is 1. The van der Waals surface area contributed by atoms with Crippen LogP contribution in [0.2, 0.25) is 0 Å². The van der Waals surface area contributed by atoms with Crippen LogP contribution in [0.15, 0.2) is 0 Å². The molecule has 2 N–H and O–H groups in total. The molecule has 0 heterocycles. The maximum absolute atomic E-state index is 9.99. The van der Waals surface area contributed by atoms with E-state index in [1.54, 1.807) is 6.92 Å². The van der Waals surface area contributed by atoms with Crippen LogP contribution >= 0.6 is 8.58 Å². The van der Waals surface area contributed by atoms with Gasteiger partial charge in [-0.1, -0.05) is 8.58 Å². The molecule has 0 aliphatic carbocycles. The van der Waals surface area contributed by atoms with Gasteiger partial charge in [0.15, 0.2) is 0 Å². The Kier molecular flexibility index (Phi) is 3.75. The highest BCUT2D eigenvalue weighted by Crippen LogP contribution is 2.15. The molecule has 0 fully saturated rings. The van der Waals surface area contributed by atoms with Gasteiger partial charge in [0, 0.05) is 0 Å². The minimum Gasteiger partial charge on any atom is -0.481 e. The molecule has 0 radical (unpaired) electrons. The van der Waals surface area contributed by atoms with Gasteiger partial charge in [0.2, 0.25) is 0 Å². The summed E-state index contributed by atoms with van der Waals surface area (Å²) in [5.41, 5.74) is -0.389. The molecule has 8 heavy (non-hydrogen) atoms. The third-order valence-electron chi connectivity index (χ3n) is 0.768. The summed E-state index contributed by atoms with van der Waals surface area (Å²) < 4.78 is 0. The summed E-state index contributed by atoms with van der Waals surface area (Å²) in [6, 6.07) is 0. The predicted molar refractivity (Wildman–Crippen MR) is 32.5 cm³/mol. The quantitative estimate of drug-likeness (QED) is 0.540. The second-order valence-electron chi connectivity index (χ2n) is 1.42. The minimum atomic E-state index is -0.836. The highest BCUT2D eigenvalue weighted by atomic mass is 31.1. The van der Waals surface area contributed by atoms with Crippen molar-refractivity contribution < 1.29 is 15.0 Å². The number of carboxylic acids is 1. The van der Waals surface area contributed by atoms with Crippen molar-refractivity contribution in [1.29, 1.82) is 0 Å². The van der Waals surface area contributed by atoms with Gasteiger partial charge in [-0.3, -0.25) is 4.79 Å². The molecule has 0 saturated carbocycles. The van der Waals surface area contributed by atoms with Crippen LogP contribution in [0.25, 0.3) is 0 Å². The van der Waals surface area contributed by atoms with E-state index in [2.05, 4.69) is 0 Å². The number of carbonyl (C=O) groups is 1. The Morgan fingerprint density at radius 2 is 2.38 bits per heavy atom. The maximum atomic E-state index is 9.99. The van der Waals surface area contributed by atoms with Gasteiger partial charge >= 0.3 is 5.97 Å². The highest BCUT2D eigenvalue weighted by Gasteiger charge is 2.07. The maximum Gasteiger partial charge on any atom is 0.310 e. The number of aliphatic hydroxyl groups is 1. The van der Waals surface area contributed by atoms with Gasteiger partial charge in [-0.25, -0.2) is 0 Å². The van der Waals surface area contributed by atoms with Crippen LogP contribution in [0.5, 0.6) is 0 Å². The molecule has 0 aliphatic rings. The van der Waals surface area contributed by atoms with Crippen LogP contribution < -0.4 is 0 Å². The molecule has 4 heteroatoms. The second-order valence-corrected chi connectivity index (χ2v) is 3.01. The van der Waals surface area contributed by atoms with E-state index in [0.717, 1.165) is 0 Å². The molecule has 0 bridgehead atoms. The molecule has 2 atom stereocenters. The van der Waals surface area contributed by atoms with E-state index < -0.39 is 5.97 Å². The van der Waals surface area contributed by atoms with Crippen LogP contribution in [0, 0.1) is 0 Å². The van der Waals surface area contributed by atoms with E-state index >= 15 is 0 Å². The Morgan fingerprint density at radius 3 is 2.50 bits per heavy atom. The predicted octanol–water partition coefficient (Wildman–Crippen LogP) is 0.0878. The van der Waals surface area contributed by atoms with E-state index in [4.69, 9.17) is 10.2 Å². The molecule has 0 aromatic heterocycles. The standard InChI is InChI=1S/C4H9O3P/c1-3(4(6)7)8-2-5/h3,5,8H,2H2,1H3,(H,6,7). The van der Waals surface area contributed by atoms with Crippen molar-refractivity contribution in [2.24, 2.45) is 0 Å². The third-order valence-corrected chi connectivity index (χ3v) is 1.81. The van der Waals surface area contributed by atoms with Crippen LogP contribution in [0.1, 0.15) is 6.92 Å². The number of rotatable bonds is 3. The molecule has 0 rings (SSSR count). The zero-order valence-electron chi connectivity index (χ0n) is 4.59. The minimum absolute atomic E-state index is 0.0204. The Bertz CT molecular complexity index is 83.4. The van der Waals surface area contributed by atoms with Crippen molar-refractivity contribution in [3.63, 3.8) is 0 Å². The lowest BCUT2D eigenvalue weighted by Gasteiger charge is -2.00. The summed E-state index contributed by atoms with van der Waals surface area (Å²) in [6.07, 6.45) is -0.0204. The molecule has 0 saturated heterocycles. The lowest BCUT2D eigenvalue weighted by atomic mass is 10.5. The van der Waals surface area contributed by atoms with E-state index in [1.165, 1.54) is 0 Å². The molecule has 0 aliphatic heterocycles. The monoisotopic (exact) mass is 136 g/mol.